The highest BCUT2D eigenvalue weighted by atomic mass is 16.5. The van der Waals surface area contributed by atoms with Crippen LogP contribution in [0.3, 0.4) is 0 Å². The number of carbonyl (C=O) groups is 9. The van der Waals surface area contributed by atoms with Crippen molar-refractivity contribution < 1.29 is 47.9 Å². The molecule has 1 aromatic carbocycles. The number of Topliss-reactive ketones (excluding diaryl/α,β-unsaturated/α-hetero) is 7. The SMILES string of the molecule is CC(=O)CC1CCC2C(C1=O)C(C)(C)C(C)C2(C)C.CC1C(C)(C)C2=C(C(=O)CCC2)C1(C)C.CC1C(C)(C)C2CCCC(=O)C2C1(C)C.CC1C(C)(C)c2ccc3c(c2C1(C)C)OC(C)(C)C3.CCCCCC1=CCCC1=O.CCCCCC1CC=CC1=O.CCCCCC1CCCC1=O.O=C1C=CC2C3CCC(C3)C12.O=C1CCC2C3CCC(C3)C12. The van der Waals surface area contributed by atoms with Crippen LogP contribution in [-0.2, 0) is 60.4 Å². The van der Waals surface area contributed by atoms with E-state index in [4.69, 9.17) is 4.74 Å². The highest BCUT2D eigenvalue weighted by Gasteiger charge is 2.64. The van der Waals surface area contributed by atoms with E-state index in [1.54, 1.807) is 13.0 Å². The zero-order valence-electron chi connectivity index (χ0n) is 83.0. The van der Waals surface area contributed by atoms with E-state index in [9.17, 15) is 43.2 Å². The van der Waals surface area contributed by atoms with Crippen LogP contribution < -0.4 is 4.74 Å². The molecule has 4 bridgehead atoms. The molecule has 0 radical (unpaired) electrons. The molecule has 19 unspecified atom stereocenters. The molecule has 16 aliphatic carbocycles. The lowest BCUT2D eigenvalue weighted by Crippen LogP contribution is -2.41. The van der Waals surface area contributed by atoms with Gasteiger partial charge >= 0.3 is 0 Å². The maximum atomic E-state index is 12.8. The summed E-state index contributed by atoms with van der Waals surface area (Å²) in [7, 11) is 0. The summed E-state index contributed by atoms with van der Waals surface area (Å²) in [6.45, 7) is 58.9. The highest BCUT2D eigenvalue weighted by Crippen LogP contribution is 2.67. The minimum atomic E-state index is -0.0521. The highest BCUT2D eigenvalue weighted by molar-refractivity contribution is 5.99. The molecule has 1 aliphatic heterocycles. The largest absolute Gasteiger partial charge is 0.487 e. The summed E-state index contributed by atoms with van der Waals surface area (Å²) < 4.78 is 6.31. The lowest BCUT2D eigenvalue weighted by molar-refractivity contribution is -0.137. The number of allylic oxidation sites excluding steroid dienone is 8. The molecule has 0 amide bonds. The van der Waals surface area contributed by atoms with Crippen molar-refractivity contribution in [2.24, 2.45) is 145 Å². The second kappa shape index (κ2) is 40.2. The third-order valence-electron chi connectivity index (χ3n) is 37.9. The van der Waals surface area contributed by atoms with Gasteiger partial charge in [0.05, 0.1) is 0 Å². The summed E-state index contributed by atoms with van der Waals surface area (Å²) in [5.74, 6) is 15.5. The van der Waals surface area contributed by atoms with E-state index in [1.165, 1.54) is 149 Å². The van der Waals surface area contributed by atoms with Crippen molar-refractivity contribution in [2.45, 2.75) is 428 Å². The van der Waals surface area contributed by atoms with E-state index in [0.29, 0.717) is 129 Å². The predicted molar refractivity (Wildman–Crippen MR) is 505 cm³/mol. The minimum Gasteiger partial charge on any atom is -0.487 e. The fourth-order valence-electron chi connectivity index (χ4n) is 29.0. The average Bonchev–Trinajstić information content (AvgIpc) is 1.53. The van der Waals surface area contributed by atoms with Crippen molar-refractivity contribution in [2.75, 3.05) is 0 Å². The Morgan fingerprint density at radius 1 is 0.463 bits per heavy atom. The summed E-state index contributed by atoms with van der Waals surface area (Å²) in [4.78, 5) is 105. The molecule has 0 N–H and O–H groups in total. The Kier molecular flexibility index (Phi) is 32.7. The molecule has 18 rings (SSSR count). The van der Waals surface area contributed by atoms with E-state index in [2.05, 4.69) is 197 Å². The number of hydrogen-bond acceptors (Lipinski definition) is 10. The number of ketones is 9. The van der Waals surface area contributed by atoms with Gasteiger partial charge in [0.2, 0.25) is 0 Å². The van der Waals surface area contributed by atoms with Gasteiger partial charge in [-0.3, -0.25) is 38.4 Å². The van der Waals surface area contributed by atoms with Crippen LogP contribution in [0.4, 0.5) is 0 Å². The Balaban J connectivity index is 0.000000146. The van der Waals surface area contributed by atoms with Gasteiger partial charge in [0, 0.05) is 97.5 Å². The second-order valence-electron chi connectivity index (χ2n) is 48.0. The van der Waals surface area contributed by atoms with Gasteiger partial charge < -0.3 is 9.53 Å². The lowest BCUT2D eigenvalue weighted by Gasteiger charge is -2.38. The Hall–Kier alpha value is -4.99. The molecule has 123 heavy (non-hydrogen) atoms. The van der Waals surface area contributed by atoms with Gasteiger partial charge in [-0.25, -0.2) is 0 Å². The van der Waals surface area contributed by atoms with Crippen molar-refractivity contribution in [1.29, 1.82) is 0 Å². The third kappa shape index (κ3) is 20.9. The first-order valence-corrected chi connectivity index (χ1v) is 50.9. The lowest BCUT2D eigenvalue weighted by atomic mass is 9.64. The van der Waals surface area contributed by atoms with Crippen molar-refractivity contribution in [3.63, 3.8) is 0 Å². The van der Waals surface area contributed by atoms with Gasteiger partial charge in [0.1, 0.15) is 40.3 Å². The van der Waals surface area contributed by atoms with Crippen molar-refractivity contribution in [1.82, 2.24) is 0 Å². The average molecular weight is 1690 g/mol. The Labute approximate surface area is 749 Å². The number of fused-ring (bicyclic) bond motifs is 15. The Bertz CT molecular complexity index is 4070. The summed E-state index contributed by atoms with van der Waals surface area (Å²) >= 11 is 0. The smallest absolute Gasteiger partial charge is 0.159 e. The molecule has 17 aliphatic rings. The van der Waals surface area contributed by atoms with Crippen molar-refractivity contribution in [3.8, 4) is 5.75 Å². The predicted octanol–water partition coefficient (Wildman–Crippen LogP) is 28.2. The van der Waals surface area contributed by atoms with Crippen LogP contribution in [0.5, 0.6) is 5.75 Å². The molecular formula is C113H176O10. The van der Waals surface area contributed by atoms with Crippen LogP contribution in [0.1, 0.15) is 421 Å². The molecule has 0 spiro atoms. The van der Waals surface area contributed by atoms with Gasteiger partial charge in [0.25, 0.3) is 0 Å². The molecule has 10 heteroatoms. The topological polar surface area (TPSA) is 163 Å². The molecular weight excluding hydrogens is 1520 g/mol. The van der Waals surface area contributed by atoms with Gasteiger partial charge in [-0.15, -0.1) is 0 Å². The molecule has 0 aromatic heterocycles. The molecule has 688 valence electrons. The van der Waals surface area contributed by atoms with Crippen LogP contribution in [0.2, 0.25) is 0 Å². The maximum absolute atomic E-state index is 12.8. The summed E-state index contributed by atoms with van der Waals surface area (Å²) in [5.41, 5.74) is 9.54. The number of ether oxygens (including phenoxy) is 1. The van der Waals surface area contributed by atoms with Gasteiger partial charge in [-0.1, -0.05) is 247 Å². The van der Waals surface area contributed by atoms with Crippen LogP contribution >= 0.6 is 0 Å². The van der Waals surface area contributed by atoms with Gasteiger partial charge in [0.15, 0.2) is 23.1 Å². The number of unbranched alkanes of at least 4 members (excludes halogenated alkanes) is 6. The van der Waals surface area contributed by atoms with Gasteiger partial charge in [-0.05, 0) is 299 Å². The van der Waals surface area contributed by atoms with E-state index in [1.807, 2.05) is 12.2 Å². The monoisotopic (exact) mass is 1690 g/mol. The fourth-order valence-corrected chi connectivity index (χ4v) is 29.0. The summed E-state index contributed by atoms with van der Waals surface area (Å²) in [6.07, 6.45) is 50.3. The molecule has 1 heterocycles. The first-order valence-electron chi connectivity index (χ1n) is 50.9. The van der Waals surface area contributed by atoms with Crippen LogP contribution in [-0.4, -0.2) is 57.7 Å². The molecule has 10 nitrogen and oxygen atoms in total. The number of benzene rings is 1. The van der Waals surface area contributed by atoms with Crippen molar-refractivity contribution >= 4 is 52.0 Å². The molecule has 10 fully saturated rings. The van der Waals surface area contributed by atoms with Crippen LogP contribution in [0.25, 0.3) is 0 Å². The molecule has 1 aromatic rings. The first-order chi connectivity index (χ1) is 57.5. The molecule has 10 saturated carbocycles. The maximum Gasteiger partial charge on any atom is 0.159 e. The quantitative estimate of drug-likeness (QED) is 0.164. The second-order valence-corrected chi connectivity index (χ2v) is 48.0. The van der Waals surface area contributed by atoms with Crippen molar-refractivity contribution in [3.05, 3.63) is 75.9 Å². The summed E-state index contributed by atoms with van der Waals surface area (Å²) in [6, 6.07) is 4.64. The zero-order chi connectivity index (χ0) is 90.8. The summed E-state index contributed by atoms with van der Waals surface area (Å²) in [5, 5.41) is 0. The third-order valence-corrected chi connectivity index (χ3v) is 37.9. The van der Waals surface area contributed by atoms with E-state index < -0.39 is 0 Å². The Morgan fingerprint density at radius 2 is 1.03 bits per heavy atom. The standard InChI is InChI=1S/C18H26O.C17H28O2.C14H24O.C14H22O.C10H14O.C10H12O.C10H18O.2C10H16O/c1-11-17(4,5)13-9-8-12-10-16(2,3)19-15(12)14(13)18(11,6)7;1-10(18)9-12-7-8-13-14(15(12)19)17(5,6)11(2)16(13,3)4;2*1-9-13(2,3)10-7-6-8-11(15)12(10)14(9,4)5;2*11-9-4-3-8-6-1-2-7(5-6)10(8)9;3*1-2-3-4-6-9-7-5-8-10(9)11/h8-9,11H,10H2,1-7H3;11-14H,7-9H2,1-6H3;9-10,12H,6-8H2,1-5H3;9H,6-8H2,1-5H3;6-8,10H,1-5H2;3-4,6-8,10H,1-2,5H2;9H,2-8H2,1H3;7H,2-6,8H2,1H3;5,8-9H,2-4,6-7H2,1H3. The Morgan fingerprint density at radius 3 is 1.59 bits per heavy atom. The fraction of sp³-hybridized carbons (Fsp3) is 0.796. The van der Waals surface area contributed by atoms with E-state index in [0.717, 1.165) is 144 Å². The molecule has 0 saturated heterocycles. The molecule has 19 atom stereocenters. The normalized spacial score (nSPS) is 35.1. The zero-order valence-corrected chi connectivity index (χ0v) is 83.0. The van der Waals surface area contributed by atoms with E-state index >= 15 is 0 Å². The number of rotatable bonds is 14. The van der Waals surface area contributed by atoms with E-state index in [-0.39, 0.29) is 61.1 Å². The minimum absolute atomic E-state index is 0.0147. The van der Waals surface area contributed by atoms with Gasteiger partial charge in [-0.2, -0.15) is 0 Å². The van der Waals surface area contributed by atoms with Crippen LogP contribution in [0, 0.1) is 145 Å². The first kappa shape index (κ1) is 100. The number of hydrogen-bond donors (Lipinski definition) is 0. The van der Waals surface area contributed by atoms with Crippen LogP contribution in [0.15, 0.2) is 59.2 Å². The number of carbonyl (C=O) groups excluding carboxylic acids is 9.